The van der Waals surface area contributed by atoms with Crippen molar-refractivity contribution < 1.29 is 19.1 Å². The van der Waals surface area contributed by atoms with Gasteiger partial charge in [0.1, 0.15) is 0 Å². The Morgan fingerprint density at radius 3 is 1.92 bits per heavy atom. The highest BCUT2D eigenvalue weighted by Crippen LogP contribution is 2.43. The summed E-state index contributed by atoms with van der Waals surface area (Å²) in [6.07, 6.45) is 3.24. The summed E-state index contributed by atoms with van der Waals surface area (Å²) in [4.78, 5) is 40.7. The van der Waals surface area contributed by atoms with E-state index in [1.165, 1.54) is 6.92 Å². The normalized spacial score (nSPS) is 20.0. The van der Waals surface area contributed by atoms with Crippen molar-refractivity contribution in [2.45, 2.75) is 65.0 Å². The Morgan fingerprint density at radius 2 is 1.46 bits per heavy atom. The summed E-state index contributed by atoms with van der Waals surface area (Å²) in [5.74, 6) is -0.824. The summed E-state index contributed by atoms with van der Waals surface area (Å²) in [7, 11) is 3.50. The largest absolute Gasteiger partial charge is 0.452 e. The Labute approximate surface area is 221 Å². The molecule has 1 N–H and O–H groups in total. The van der Waals surface area contributed by atoms with Crippen LogP contribution in [-0.4, -0.2) is 42.8 Å². The quantitative estimate of drug-likeness (QED) is 0.415. The van der Waals surface area contributed by atoms with E-state index in [1.54, 1.807) is 19.0 Å². The predicted octanol–water partition coefficient (Wildman–Crippen LogP) is 5.38. The third-order valence-electron chi connectivity index (χ3n) is 7.79. The zero-order valence-corrected chi connectivity index (χ0v) is 22.9. The number of carbonyl (C=O) groups excluding carboxylic acids is 3. The van der Waals surface area contributed by atoms with Crippen molar-refractivity contribution in [1.29, 1.82) is 0 Å². The fourth-order valence-electron chi connectivity index (χ4n) is 5.70. The molecule has 2 aromatic rings. The Kier molecular flexibility index (Phi) is 10.3. The van der Waals surface area contributed by atoms with Crippen molar-refractivity contribution in [3.8, 4) is 0 Å². The average molecular weight is 507 g/mol. The number of amides is 2. The molecule has 0 unspecified atom stereocenters. The standard InChI is InChI=1S/C31H42N2O4/c1-6-22(7-2)18-28(32-21(3)34)26-19-25(20-27(26)30(35)33(4)5)31(36)37-29(23-14-10-8-11-15-23)24-16-12-9-13-17-24/h8-17,22,25-29H,6-7,18-20H2,1-5H3,(H,32,34)/t25-,26-,27-,28+/m1/s1. The Hall–Kier alpha value is -3.15. The molecule has 1 saturated carbocycles. The smallest absolute Gasteiger partial charge is 0.309 e. The minimum Gasteiger partial charge on any atom is -0.452 e. The Balaban J connectivity index is 1.87. The van der Waals surface area contributed by atoms with Gasteiger partial charge in [0.25, 0.3) is 0 Å². The van der Waals surface area contributed by atoms with Crippen molar-refractivity contribution in [1.82, 2.24) is 10.2 Å². The molecular formula is C31H42N2O4. The van der Waals surface area contributed by atoms with Crippen molar-refractivity contribution in [3.63, 3.8) is 0 Å². The lowest BCUT2D eigenvalue weighted by Gasteiger charge is -2.32. The van der Waals surface area contributed by atoms with Crippen LogP contribution >= 0.6 is 0 Å². The molecule has 0 bridgehead atoms. The summed E-state index contributed by atoms with van der Waals surface area (Å²) < 4.78 is 6.18. The molecule has 0 aromatic heterocycles. The fourth-order valence-corrected chi connectivity index (χ4v) is 5.70. The van der Waals surface area contributed by atoms with Crippen LogP contribution in [0.15, 0.2) is 60.7 Å². The number of carbonyl (C=O) groups is 3. The molecule has 3 rings (SSSR count). The first kappa shape index (κ1) is 28.4. The van der Waals surface area contributed by atoms with Gasteiger partial charge in [-0.2, -0.15) is 0 Å². The van der Waals surface area contributed by atoms with Gasteiger partial charge in [-0.25, -0.2) is 0 Å². The first-order chi connectivity index (χ1) is 17.7. The van der Waals surface area contributed by atoms with Crippen LogP contribution in [0.3, 0.4) is 0 Å². The van der Waals surface area contributed by atoms with Crippen LogP contribution in [0.5, 0.6) is 0 Å². The number of nitrogens with zero attached hydrogens (tertiary/aromatic N) is 1. The van der Waals surface area contributed by atoms with Crippen molar-refractivity contribution in [2.75, 3.05) is 14.1 Å². The second-order valence-corrected chi connectivity index (χ2v) is 10.5. The lowest BCUT2D eigenvalue weighted by molar-refractivity contribution is -0.152. The van der Waals surface area contributed by atoms with E-state index in [0.29, 0.717) is 18.8 Å². The van der Waals surface area contributed by atoms with Gasteiger partial charge in [-0.15, -0.1) is 0 Å². The van der Waals surface area contributed by atoms with Gasteiger partial charge in [-0.3, -0.25) is 14.4 Å². The molecule has 37 heavy (non-hydrogen) atoms. The number of nitrogens with one attached hydrogen (secondary N) is 1. The van der Waals surface area contributed by atoms with Crippen LogP contribution in [0.25, 0.3) is 0 Å². The summed E-state index contributed by atoms with van der Waals surface area (Å²) in [5, 5.41) is 3.13. The third-order valence-corrected chi connectivity index (χ3v) is 7.79. The molecule has 6 heteroatoms. The predicted molar refractivity (Wildman–Crippen MR) is 146 cm³/mol. The topological polar surface area (TPSA) is 75.7 Å². The highest BCUT2D eigenvalue weighted by atomic mass is 16.5. The monoisotopic (exact) mass is 506 g/mol. The molecule has 0 spiro atoms. The molecule has 0 saturated heterocycles. The minimum absolute atomic E-state index is 0.00266. The molecule has 200 valence electrons. The van der Waals surface area contributed by atoms with Gasteiger partial charge in [0.2, 0.25) is 11.8 Å². The molecule has 1 aliphatic rings. The Bertz CT molecular complexity index is 981. The van der Waals surface area contributed by atoms with Gasteiger partial charge < -0.3 is 15.0 Å². The Morgan fingerprint density at radius 1 is 0.919 bits per heavy atom. The molecule has 0 aliphatic heterocycles. The van der Waals surface area contributed by atoms with E-state index in [0.717, 1.165) is 30.4 Å². The van der Waals surface area contributed by atoms with Crippen molar-refractivity contribution >= 4 is 17.8 Å². The van der Waals surface area contributed by atoms with E-state index < -0.39 is 12.0 Å². The number of rotatable bonds is 11. The van der Waals surface area contributed by atoms with Crippen LogP contribution in [0, 0.1) is 23.7 Å². The molecular weight excluding hydrogens is 464 g/mol. The van der Waals surface area contributed by atoms with Crippen molar-refractivity contribution in [2.24, 2.45) is 23.7 Å². The van der Waals surface area contributed by atoms with Gasteiger partial charge in [0.15, 0.2) is 6.10 Å². The van der Waals surface area contributed by atoms with E-state index in [9.17, 15) is 14.4 Å². The highest BCUT2D eigenvalue weighted by molar-refractivity contribution is 5.82. The maximum atomic E-state index is 13.6. The maximum absolute atomic E-state index is 13.6. The van der Waals surface area contributed by atoms with Gasteiger partial charge in [-0.05, 0) is 42.2 Å². The van der Waals surface area contributed by atoms with Gasteiger partial charge in [0.05, 0.1) is 5.92 Å². The molecule has 2 amide bonds. The van der Waals surface area contributed by atoms with Gasteiger partial charge >= 0.3 is 5.97 Å². The highest BCUT2D eigenvalue weighted by Gasteiger charge is 2.47. The molecule has 1 fully saturated rings. The second-order valence-electron chi connectivity index (χ2n) is 10.5. The number of esters is 1. The van der Waals surface area contributed by atoms with E-state index in [2.05, 4.69) is 19.2 Å². The fraction of sp³-hybridized carbons (Fsp3) is 0.516. The first-order valence-electron chi connectivity index (χ1n) is 13.5. The number of ether oxygens (including phenoxy) is 1. The summed E-state index contributed by atoms with van der Waals surface area (Å²) in [6.45, 7) is 5.83. The van der Waals surface area contributed by atoms with Crippen LogP contribution in [0.2, 0.25) is 0 Å². The third kappa shape index (κ3) is 7.43. The lowest BCUT2D eigenvalue weighted by Crippen LogP contribution is -2.45. The van der Waals surface area contributed by atoms with E-state index in [1.807, 2.05) is 60.7 Å². The van der Waals surface area contributed by atoms with Gasteiger partial charge in [-0.1, -0.05) is 87.4 Å². The van der Waals surface area contributed by atoms with Crippen molar-refractivity contribution in [3.05, 3.63) is 71.8 Å². The van der Waals surface area contributed by atoms with Crippen LogP contribution < -0.4 is 5.32 Å². The maximum Gasteiger partial charge on any atom is 0.309 e. The van der Waals surface area contributed by atoms with E-state index in [-0.39, 0.29) is 35.7 Å². The molecule has 6 nitrogen and oxygen atoms in total. The molecule has 0 radical (unpaired) electrons. The number of hydrogen-bond donors (Lipinski definition) is 1. The number of benzene rings is 2. The van der Waals surface area contributed by atoms with Gasteiger partial charge in [0, 0.05) is 33.0 Å². The molecule has 4 atom stereocenters. The van der Waals surface area contributed by atoms with Crippen LogP contribution in [0.1, 0.15) is 70.1 Å². The summed E-state index contributed by atoms with van der Waals surface area (Å²) in [5.41, 5.74) is 1.81. The zero-order valence-electron chi connectivity index (χ0n) is 22.9. The zero-order chi connectivity index (χ0) is 26.9. The number of hydrogen-bond acceptors (Lipinski definition) is 4. The molecule has 1 aliphatic carbocycles. The van der Waals surface area contributed by atoms with E-state index >= 15 is 0 Å². The van der Waals surface area contributed by atoms with Crippen LogP contribution in [0.4, 0.5) is 0 Å². The summed E-state index contributed by atoms with van der Waals surface area (Å²) in [6, 6.07) is 19.3. The average Bonchev–Trinajstić information content (AvgIpc) is 3.35. The molecule has 2 aromatic carbocycles. The summed E-state index contributed by atoms with van der Waals surface area (Å²) >= 11 is 0. The van der Waals surface area contributed by atoms with Crippen LogP contribution in [-0.2, 0) is 19.1 Å². The lowest BCUT2D eigenvalue weighted by atomic mass is 9.81. The SMILES string of the molecule is CCC(CC)C[C@H](NC(C)=O)[C@@H]1C[C@@H](C(=O)OC(c2ccccc2)c2ccccc2)C[C@H]1C(=O)N(C)C. The first-order valence-corrected chi connectivity index (χ1v) is 13.5. The molecule has 0 heterocycles. The second kappa shape index (κ2) is 13.4. The minimum atomic E-state index is -0.521. The van der Waals surface area contributed by atoms with E-state index in [4.69, 9.17) is 4.74 Å².